The molecule has 3 aromatic rings. The van der Waals surface area contributed by atoms with Gasteiger partial charge in [-0.3, -0.25) is 14.7 Å². The van der Waals surface area contributed by atoms with Crippen molar-refractivity contribution in [2.24, 2.45) is 0 Å². The molecule has 0 saturated carbocycles. The highest BCUT2D eigenvalue weighted by Gasteiger charge is 2.41. The number of hydrogen-bond donors (Lipinski definition) is 3. The van der Waals surface area contributed by atoms with Gasteiger partial charge in [-0.15, -0.1) is 23.2 Å². The fraction of sp³-hybridized carbons (Fsp3) is 0.435. The molecule has 9 nitrogen and oxygen atoms in total. The zero-order valence-corrected chi connectivity index (χ0v) is 22.5. The molecule has 0 aliphatic carbocycles. The molecule has 35 heavy (non-hydrogen) atoms. The Bertz CT molecular complexity index is 1230. The van der Waals surface area contributed by atoms with Gasteiger partial charge < -0.3 is 15.2 Å². The summed E-state index contributed by atoms with van der Waals surface area (Å²) in [4.78, 5) is 30.8. The number of carbonyl (C=O) groups is 2. The van der Waals surface area contributed by atoms with Crippen LogP contribution in [0.25, 0.3) is 11.1 Å². The average Bonchev–Trinajstić information content (AvgIpc) is 3.34. The van der Waals surface area contributed by atoms with Crippen molar-refractivity contribution in [3.05, 3.63) is 46.2 Å². The van der Waals surface area contributed by atoms with E-state index in [-0.39, 0.29) is 28.9 Å². The maximum absolute atomic E-state index is 13.4. The van der Waals surface area contributed by atoms with Crippen LogP contribution in [0.3, 0.4) is 0 Å². The molecule has 0 bridgehead atoms. The van der Waals surface area contributed by atoms with Gasteiger partial charge in [0.2, 0.25) is 0 Å². The van der Waals surface area contributed by atoms with Crippen molar-refractivity contribution in [1.29, 1.82) is 0 Å². The fourth-order valence-corrected chi connectivity index (χ4v) is 4.63. The Labute approximate surface area is 218 Å². The second-order valence-electron chi connectivity index (χ2n) is 9.10. The summed E-state index contributed by atoms with van der Waals surface area (Å²) in [7, 11) is 0. The Morgan fingerprint density at radius 2 is 1.89 bits per heavy atom. The number of rotatable bonds is 8. The molecule has 12 heteroatoms. The third kappa shape index (κ3) is 6.15. The summed E-state index contributed by atoms with van der Waals surface area (Å²) in [5.41, 5.74) is 2.32. The number of nitrogens with one attached hydrogen (secondary N) is 3. The van der Waals surface area contributed by atoms with E-state index >= 15 is 0 Å². The number of hydrogen-bond acceptors (Lipinski definition) is 6. The minimum atomic E-state index is -1.51. The van der Waals surface area contributed by atoms with Crippen LogP contribution in [-0.2, 0) is 4.79 Å². The predicted octanol–water partition coefficient (Wildman–Crippen LogP) is 5.56. The van der Waals surface area contributed by atoms with Crippen LogP contribution in [0.5, 0.6) is 0 Å². The number of amides is 2. The largest absolute Gasteiger partial charge is 0.364 e. The highest BCUT2D eigenvalue weighted by atomic mass is 35.5. The van der Waals surface area contributed by atoms with Crippen molar-refractivity contribution in [1.82, 2.24) is 25.7 Å². The second-order valence-corrected chi connectivity index (χ2v) is 11.3. The van der Waals surface area contributed by atoms with Crippen LogP contribution in [0.15, 0.2) is 22.9 Å². The van der Waals surface area contributed by atoms with Crippen molar-refractivity contribution in [3.63, 3.8) is 0 Å². The first-order valence-electron chi connectivity index (χ1n) is 10.9. The highest BCUT2D eigenvalue weighted by molar-refractivity contribution is 6.48. The number of nitrogens with zero attached hydrogens (tertiary/aromatic N) is 3. The van der Waals surface area contributed by atoms with E-state index in [2.05, 4.69) is 31.0 Å². The van der Waals surface area contributed by atoms with Gasteiger partial charge in [-0.05, 0) is 45.7 Å². The SMILES string of the molecule is Cc1n[nH]c(C)c1-c1ccc(NC(=O)[C@](C)(CC(C)(Cl)Cl)NC(=O)c2conc2C(C)C)nc1Cl. The third-order valence-electron chi connectivity index (χ3n) is 5.43. The van der Waals surface area contributed by atoms with Gasteiger partial charge in [0.1, 0.15) is 32.7 Å². The molecule has 0 saturated heterocycles. The summed E-state index contributed by atoms with van der Waals surface area (Å²) in [6.07, 6.45) is 1.14. The Morgan fingerprint density at radius 1 is 1.20 bits per heavy atom. The van der Waals surface area contributed by atoms with Crippen LogP contribution >= 0.6 is 34.8 Å². The van der Waals surface area contributed by atoms with Gasteiger partial charge in [-0.1, -0.05) is 30.6 Å². The van der Waals surface area contributed by atoms with Crippen molar-refractivity contribution in [2.75, 3.05) is 5.32 Å². The minimum Gasteiger partial charge on any atom is -0.364 e. The Balaban J connectivity index is 1.88. The minimum absolute atomic E-state index is 0.0618. The van der Waals surface area contributed by atoms with Gasteiger partial charge >= 0.3 is 0 Å². The number of aryl methyl sites for hydroxylation is 2. The molecule has 188 valence electrons. The van der Waals surface area contributed by atoms with Crippen LogP contribution in [-0.4, -0.2) is 42.0 Å². The molecule has 0 aliphatic heterocycles. The normalized spacial score (nSPS) is 13.5. The quantitative estimate of drug-likeness (QED) is 0.253. The van der Waals surface area contributed by atoms with Gasteiger partial charge in [0.25, 0.3) is 11.8 Å². The molecule has 3 rings (SSSR count). The van der Waals surface area contributed by atoms with E-state index in [1.165, 1.54) is 20.1 Å². The zero-order chi connectivity index (χ0) is 26.1. The average molecular weight is 542 g/mol. The summed E-state index contributed by atoms with van der Waals surface area (Å²) in [6.45, 7) is 10.5. The number of aromatic amines is 1. The molecule has 1 atom stereocenters. The van der Waals surface area contributed by atoms with E-state index in [9.17, 15) is 9.59 Å². The summed E-state index contributed by atoms with van der Waals surface area (Å²) >= 11 is 18.9. The first kappa shape index (κ1) is 27.0. The number of alkyl halides is 2. The van der Waals surface area contributed by atoms with Gasteiger partial charge in [-0.25, -0.2) is 4.98 Å². The monoisotopic (exact) mass is 540 g/mol. The number of aromatic nitrogens is 4. The van der Waals surface area contributed by atoms with Gasteiger partial charge in [0.15, 0.2) is 0 Å². The third-order valence-corrected chi connectivity index (χ3v) is 5.99. The molecular formula is C23H27Cl3N6O3. The first-order valence-corrected chi connectivity index (χ1v) is 12.0. The molecular weight excluding hydrogens is 515 g/mol. The van der Waals surface area contributed by atoms with Crippen LogP contribution in [0, 0.1) is 13.8 Å². The van der Waals surface area contributed by atoms with Crippen LogP contribution in [0.4, 0.5) is 5.82 Å². The summed E-state index contributed by atoms with van der Waals surface area (Å²) in [5, 5.41) is 16.6. The maximum Gasteiger partial charge on any atom is 0.257 e. The van der Waals surface area contributed by atoms with Crippen LogP contribution in [0.2, 0.25) is 5.15 Å². The number of H-pyrrole nitrogens is 1. The fourth-order valence-electron chi connectivity index (χ4n) is 3.84. The standard InChI is InChI=1S/C23H27Cl3N6O3/c1-11(2)18-15(9-35-32-18)20(33)29-22(5,10-23(6,25)26)21(34)28-16-8-7-14(19(24)27-16)17-12(3)30-31-13(17)4/h7-9,11H,10H2,1-6H3,(H,29,33)(H,30,31)(H,27,28,34)/t22-/m0/s1. The summed E-state index contributed by atoms with van der Waals surface area (Å²) < 4.78 is 3.66. The van der Waals surface area contributed by atoms with E-state index < -0.39 is 21.7 Å². The topological polar surface area (TPSA) is 126 Å². The molecule has 0 unspecified atom stereocenters. The number of anilines is 1. The van der Waals surface area contributed by atoms with E-state index in [1.807, 2.05) is 27.7 Å². The van der Waals surface area contributed by atoms with E-state index in [1.54, 1.807) is 12.1 Å². The smallest absolute Gasteiger partial charge is 0.257 e. The number of pyridine rings is 1. The van der Waals surface area contributed by atoms with Gasteiger partial charge in [0, 0.05) is 23.2 Å². The molecule has 0 aliphatic rings. The second kappa shape index (κ2) is 10.2. The lowest BCUT2D eigenvalue weighted by Crippen LogP contribution is -2.56. The molecule has 0 aromatic carbocycles. The molecule has 3 aromatic heterocycles. The number of halogens is 3. The summed E-state index contributed by atoms with van der Waals surface area (Å²) in [6, 6.07) is 3.36. The van der Waals surface area contributed by atoms with Crippen molar-refractivity contribution < 1.29 is 14.1 Å². The molecule has 0 radical (unpaired) electrons. The van der Waals surface area contributed by atoms with E-state index in [0.29, 0.717) is 11.3 Å². The summed E-state index contributed by atoms with van der Waals surface area (Å²) in [5.74, 6) is -0.986. The van der Waals surface area contributed by atoms with E-state index in [0.717, 1.165) is 17.0 Å². The lowest BCUT2D eigenvalue weighted by atomic mass is 9.93. The van der Waals surface area contributed by atoms with Gasteiger partial charge in [0.05, 0.1) is 11.4 Å². The molecule has 0 spiro atoms. The van der Waals surface area contributed by atoms with Gasteiger partial charge in [-0.2, -0.15) is 5.10 Å². The molecule has 0 fully saturated rings. The lowest BCUT2D eigenvalue weighted by Gasteiger charge is -2.33. The van der Waals surface area contributed by atoms with Crippen LogP contribution < -0.4 is 10.6 Å². The predicted molar refractivity (Wildman–Crippen MR) is 136 cm³/mol. The Hall–Kier alpha value is -2.62. The lowest BCUT2D eigenvalue weighted by molar-refractivity contribution is -0.121. The van der Waals surface area contributed by atoms with Crippen molar-refractivity contribution in [3.8, 4) is 11.1 Å². The highest BCUT2D eigenvalue weighted by Crippen LogP contribution is 2.34. The van der Waals surface area contributed by atoms with Crippen LogP contribution in [0.1, 0.15) is 67.5 Å². The number of carbonyl (C=O) groups excluding carboxylic acids is 2. The first-order chi connectivity index (χ1) is 16.2. The Kier molecular flexibility index (Phi) is 7.83. The molecule has 3 N–H and O–H groups in total. The van der Waals surface area contributed by atoms with E-state index in [4.69, 9.17) is 39.3 Å². The maximum atomic E-state index is 13.4. The molecule has 2 amide bonds. The van der Waals surface area contributed by atoms with Crippen molar-refractivity contribution >= 4 is 52.4 Å². The zero-order valence-electron chi connectivity index (χ0n) is 20.2. The molecule has 3 heterocycles. The Morgan fingerprint density at radius 3 is 2.43 bits per heavy atom. The van der Waals surface area contributed by atoms with Crippen molar-refractivity contribution in [2.45, 2.75) is 63.8 Å².